The fourth-order valence-corrected chi connectivity index (χ4v) is 3.01. The third-order valence-electron chi connectivity index (χ3n) is 3.89. The Morgan fingerprint density at radius 1 is 1.26 bits per heavy atom. The van der Waals surface area contributed by atoms with E-state index in [1.54, 1.807) is 0 Å². The summed E-state index contributed by atoms with van der Waals surface area (Å²) < 4.78 is 5.95. The van der Waals surface area contributed by atoms with E-state index in [9.17, 15) is 0 Å². The fourth-order valence-electron chi connectivity index (χ4n) is 2.70. The van der Waals surface area contributed by atoms with Crippen LogP contribution in [0.15, 0.2) is 24.3 Å². The van der Waals surface area contributed by atoms with E-state index in [0.717, 1.165) is 24.7 Å². The maximum atomic E-state index is 5.95. The fraction of sp³-hybridized carbons (Fsp3) is 0.625. The Bertz CT molecular complexity index is 377. The Morgan fingerprint density at radius 3 is 2.79 bits per heavy atom. The van der Waals surface area contributed by atoms with Crippen molar-refractivity contribution in [2.24, 2.45) is 11.7 Å². The van der Waals surface area contributed by atoms with Crippen molar-refractivity contribution in [3.05, 3.63) is 29.8 Å². The molecule has 1 aromatic carbocycles. The highest BCUT2D eigenvalue weighted by atomic mass is 32.1. The Hall–Kier alpha value is -0.670. The number of benzene rings is 1. The quantitative estimate of drug-likeness (QED) is 0.773. The standard InChI is InChI=1S/C16H25NOS/c17-10-9-16(19)14-7-4-8-15(11-14)18-12-13-5-2-1-3-6-13/h4,7-8,11,13,16,19H,1-3,5-6,9-10,12,17H2. The van der Waals surface area contributed by atoms with Gasteiger partial charge in [-0.05, 0) is 49.4 Å². The molecule has 1 unspecified atom stereocenters. The van der Waals surface area contributed by atoms with Crippen LogP contribution in [0.2, 0.25) is 0 Å². The highest BCUT2D eigenvalue weighted by Gasteiger charge is 2.14. The van der Waals surface area contributed by atoms with Crippen molar-refractivity contribution >= 4 is 12.6 Å². The van der Waals surface area contributed by atoms with Crippen LogP contribution in [0.5, 0.6) is 5.75 Å². The van der Waals surface area contributed by atoms with Gasteiger partial charge >= 0.3 is 0 Å². The van der Waals surface area contributed by atoms with Gasteiger partial charge in [0.05, 0.1) is 6.61 Å². The summed E-state index contributed by atoms with van der Waals surface area (Å²) in [4.78, 5) is 0. The molecule has 1 atom stereocenters. The number of hydrogen-bond acceptors (Lipinski definition) is 3. The average Bonchev–Trinajstić information content (AvgIpc) is 2.47. The molecular weight excluding hydrogens is 254 g/mol. The summed E-state index contributed by atoms with van der Waals surface area (Å²) in [6.45, 7) is 1.53. The van der Waals surface area contributed by atoms with Gasteiger partial charge in [0.25, 0.3) is 0 Å². The molecule has 1 saturated carbocycles. The van der Waals surface area contributed by atoms with Gasteiger partial charge in [-0.2, -0.15) is 12.6 Å². The van der Waals surface area contributed by atoms with E-state index in [1.807, 2.05) is 12.1 Å². The summed E-state index contributed by atoms with van der Waals surface area (Å²) in [6.07, 6.45) is 7.66. The Balaban J connectivity index is 1.87. The monoisotopic (exact) mass is 279 g/mol. The first-order valence-electron chi connectivity index (χ1n) is 7.40. The molecule has 1 aromatic rings. The summed E-state index contributed by atoms with van der Waals surface area (Å²) >= 11 is 4.58. The third-order valence-corrected chi connectivity index (χ3v) is 4.45. The minimum absolute atomic E-state index is 0.211. The molecule has 0 aliphatic heterocycles. The molecule has 3 heteroatoms. The molecule has 0 radical (unpaired) electrons. The first-order valence-corrected chi connectivity index (χ1v) is 7.92. The minimum Gasteiger partial charge on any atom is -0.493 e. The molecule has 0 heterocycles. The van der Waals surface area contributed by atoms with E-state index in [4.69, 9.17) is 10.5 Å². The van der Waals surface area contributed by atoms with Crippen molar-refractivity contribution in [2.45, 2.75) is 43.8 Å². The smallest absolute Gasteiger partial charge is 0.119 e. The lowest BCUT2D eigenvalue weighted by Gasteiger charge is -2.22. The lowest BCUT2D eigenvalue weighted by Crippen LogP contribution is -2.15. The molecule has 2 nitrogen and oxygen atoms in total. The zero-order valence-corrected chi connectivity index (χ0v) is 12.4. The molecule has 19 heavy (non-hydrogen) atoms. The van der Waals surface area contributed by atoms with Crippen molar-refractivity contribution in [1.82, 2.24) is 0 Å². The maximum absolute atomic E-state index is 5.95. The number of ether oxygens (including phenoxy) is 1. The van der Waals surface area contributed by atoms with Gasteiger partial charge in [-0.15, -0.1) is 0 Å². The molecule has 0 spiro atoms. The summed E-state index contributed by atoms with van der Waals surface area (Å²) in [7, 11) is 0. The molecule has 1 aliphatic carbocycles. The van der Waals surface area contributed by atoms with Gasteiger partial charge in [0.2, 0.25) is 0 Å². The second-order valence-electron chi connectivity index (χ2n) is 5.48. The summed E-state index contributed by atoms with van der Waals surface area (Å²) in [6, 6.07) is 8.29. The van der Waals surface area contributed by atoms with Crippen LogP contribution in [0.1, 0.15) is 49.3 Å². The second-order valence-corrected chi connectivity index (χ2v) is 6.10. The minimum atomic E-state index is 0.211. The second kappa shape index (κ2) is 7.81. The molecule has 0 aromatic heterocycles. The van der Waals surface area contributed by atoms with E-state index in [2.05, 4.69) is 24.8 Å². The number of nitrogens with two attached hydrogens (primary N) is 1. The van der Waals surface area contributed by atoms with Gasteiger partial charge in [0.15, 0.2) is 0 Å². The van der Waals surface area contributed by atoms with Crippen molar-refractivity contribution in [3.63, 3.8) is 0 Å². The first kappa shape index (κ1) is 14.7. The molecule has 1 aliphatic rings. The molecule has 106 valence electrons. The van der Waals surface area contributed by atoms with Crippen LogP contribution >= 0.6 is 12.6 Å². The highest BCUT2D eigenvalue weighted by molar-refractivity contribution is 7.80. The van der Waals surface area contributed by atoms with Crippen LogP contribution < -0.4 is 10.5 Å². The lowest BCUT2D eigenvalue weighted by molar-refractivity contribution is 0.208. The predicted octanol–water partition coefficient (Wildman–Crippen LogP) is 3.97. The summed E-state index contributed by atoms with van der Waals surface area (Å²) in [5.74, 6) is 1.72. The SMILES string of the molecule is NCCC(S)c1cccc(OCC2CCCCC2)c1. The van der Waals surface area contributed by atoms with Crippen molar-refractivity contribution in [2.75, 3.05) is 13.2 Å². The van der Waals surface area contributed by atoms with Crippen LogP contribution in [0, 0.1) is 5.92 Å². The number of hydrogen-bond donors (Lipinski definition) is 2. The molecular formula is C16H25NOS. The van der Waals surface area contributed by atoms with Gasteiger partial charge in [-0.1, -0.05) is 31.4 Å². The summed E-state index contributed by atoms with van der Waals surface area (Å²) in [5, 5.41) is 0.211. The number of thiol groups is 1. The topological polar surface area (TPSA) is 35.2 Å². The highest BCUT2D eigenvalue weighted by Crippen LogP contribution is 2.28. The van der Waals surface area contributed by atoms with Crippen LogP contribution in [0.3, 0.4) is 0 Å². The maximum Gasteiger partial charge on any atom is 0.119 e. The van der Waals surface area contributed by atoms with Crippen molar-refractivity contribution in [3.8, 4) is 5.75 Å². The number of rotatable bonds is 6. The normalized spacial score (nSPS) is 18.2. The van der Waals surface area contributed by atoms with Crippen LogP contribution in [-0.2, 0) is 0 Å². The Labute approximate surface area is 122 Å². The predicted molar refractivity (Wildman–Crippen MR) is 83.9 cm³/mol. The molecule has 2 N–H and O–H groups in total. The van der Waals surface area contributed by atoms with Crippen molar-refractivity contribution in [1.29, 1.82) is 0 Å². The average molecular weight is 279 g/mol. The molecule has 0 saturated heterocycles. The van der Waals surface area contributed by atoms with Crippen molar-refractivity contribution < 1.29 is 4.74 Å². The molecule has 0 bridgehead atoms. The Morgan fingerprint density at radius 2 is 2.05 bits per heavy atom. The Kier molecular flexibility index (Phi) is 6.05. The molecule has 1 fully saturated rings. The van der Waals surface area contributed by atoms with Gasteiger partial charge in [0, 0.05) is 5.25 Å². The van der Waals surface area contributed by atoms with E-state index < -0.39 is 0 Å². The van der Waals surface area contributed by atoms with E-state index in [-0.39, 0.29) is 5.25 Å². The summed E-state index contributed by atoms with van der Waals surface area (Å²) in [5.41, 5.74) is 6.78. The first-order chi connectivity index (χ1) is 9.29. The van der Waals surface area contributed by atoms with Gasteiger partial charge in [-0.3, -0.25) is 0 Å². The van der Waals surface area contributed by atoms with E-state index in [1.165, 1.54) is 37.7 Å². The van der Waals surface area contributed by atoms with Gasteiger partial charge < -0.3 is 10.5 Å². The lowest BCUT2D eigenvalue weighted by atomic mass is 9.90. The molecule has 0 amide bonds. The van der Waals surface area contributed by atoms with Crippen LogP contribution in [0.4, 0.5) is 0 Å². The zero-order chi connectivity index (χ0) is 13.5. The zero-order valence-electron chi connectivity index (χ0n) is 11.6. The van der Waals surface area contributed by atoms with Crippen LogP contribution in [0.25, 0.3) is 0 Å². The van der Waals surface area contributed by atoms with E-state index >= 15 is 0 Å². The van der Waals surface area contributed by atoms with Gasteiger partial charge in [0.1, 0.15) is 5.75 Å². The van der Waals surface area contributed by atoms with Crippen LogP contribution in [-0.4, -0.2) is 13.2 Å². The van der Waals surface area contributed by atoms with E-state index in [0.29, 0.717) is 6.54 Å². The largest absolute Gasteiger partial charge is 0.493 e. The third kappa shape index (κ3) is 4.73. The van der Waals surface area contributed by atoms with Gasteiger partial charge in [-0.25, -0.2) is 0 Å². The molecule has 2 rings (SSSR count).